The van der Waals surface area contributed by atoms with Gasteiger partial charge in [-0.1, -0.05) is 23.7 Å². The number of anilines is 2. The molecule has 1 N–H and O–H groups in total. The minimum atomic E-state index is -0.355. The van der Waals surface area contributed by atoms with Crippen LogP contribution in [-0.2, 0) is 16.1 Å². The third-order valence-corrected chi connectivity index (χ3v) is 5.70. The fourth-order valence-electron chi connectivity index (χ4n) is 3.70. The summed E-state index contributed by atoms with van der Waals surface area (Å²) in [6, 6.07) is 12.2. The van der Waals surface area contributed by atoms with E-state index in [0.717, 1.165) is 24.9 Å². The molecule has 7 heteroatoms. The van der Waals surface area contributed by atoms with Gasteiger partial charge in [0, 0.05) is 47.5 Å². The van der Waals surface area contributed by atoms with E-state index >= 15 is 0 Å². The van der Waals surface area contributed by atoms with E-state index in [2.05, 4.69) is 5.32 Å². The number of amides is 2. The van der Waals surface area contributed by atoms with E-state index in [4.69, 9.17) is 11.6 Å². The summed E-state index contributed by atoms with van der Waals surface area (Å²) in [6.45, 7) is 1.16. The zero-order valence-electron chi connectivity index (χ0n) is 16.0. The molecule has 0 bridgehead atoms. The Hall–Kier alpha value is -2.44. The van der Waals surface area contributed by atoms with Gasteiger partial charge in [-0.05, 0) is 49.6 Å². The minimum absolute atomic E-state index is 0.107. The van der Waals surface area contributed by atoms with Crippen molar-refractivity contribution >= 4 is 34.8 Å². The molecule has 1 saturated heterocycles. The molecule has 0 spiro atoms. The first-order valence-electron chi connectivity index (χ1n) is 9.88. The third kappa shape index (κ3) is 4.77. The van der Waals surface area contributed by atoms with Crippen molar-refractivity contribution in [3.63, 3.8) is 0 Å². The van der Waals surface area contributed by atoms with Gasteiger partial charge in [0.1, 0.15) is 5.82 Å². The normalized spacial score (nSPS) is 16.5. The lowest BCUT2D eigenvalue weighted by Gasteiger charge is -2.22. The number of hydrogen-bond donors (Lipinski definition) is 1. The highest BCUT2D eigenvalue weighted by Crippen LogP contribution is 2.31. The Bertz CT molecular complexity index is 912. The lowest BCUT2D eigenvalue weighted by Crippen LogP contribution is -2.35. The molecular formula is C22H23ClFN3O2. The Labute approximate surface area is 174 Å². The van der Waals surface area contributed by atoms with E-state index in [9.17, 15) is 14.0 Å². The van der Waals surface area contributed by atoms with Crippen LogP contribution in [0, 0.1) is 5.82 Å². The quantitative estimate of drug-likeness (QED) is 0.737. The van der Waals surface area contributed by atoms with Crippen molar-refractivity contribution in [1.29, 1.82) is 0 Å². The Kier molecular flexibility index (Phi) is 5.83. The highest BCUT2D eigenvalue weighted by molar-refractivity contribution is 6.31. The maximum Gasteiger partial charge on any atom is 0.238 e. The molecule has 29 heavy (non-hydrogen) atoms. The van der Waals surface area contributed by atoms with E-state index in [0.29, 0.717) is 35.8 Å². The maximum absolute atomic E-state index is 14.2. The molecule has 4 rings (SSSR count). The van der Waals surface area contributed by atoms with Gasteiger partial charge in [-0.3, -0.25) is 14.5 Å². The summed E-state index contributed by atoms with van der Waals surface area (Å²) in [6.07, 6.45) is 3.40. The molecule has 152 valence electrons. The van der Waals surface area contributed by atoms with Gasteiger partial charge >= 0.3 is 0 Å². The smallest absolute Gasteiger partial charge is 0.238 e. The molecule has 1 aliphatic carbocycles. The summed E-state index contributed by atoms with van der Waals surface area (Å²) in [4.78, 5) is 28.3. The molecular weight excluding hydrogens is 393 g/mol. The predicted octanol–water partition coefficient (Wildman–Crippen LogP) is 4.21. The number of halogens is 2. The average Bonchev–Trinajstić information content (AvgIpc) is 3.45. The van der Waals surface area contributed by atoms with Crippen molar-refractivity contribution in [3.8, 4) is 0 Å². The molecule has 2 amide bonds. The third-order valence-electron chi connectivity index (χ3n) is 5.35. The number of carbonyl (C=O) groups is 2. The molecule has 5 nitrogen and oxygen atoms in total. The van der Waals surface area contributed by atoms with E-state index in [1.54, 1.807) is 23.1 Å². The first-order valence-corrected chi connectivity index (χ1v) is 10.3. The molecule has 0 unspecified atom stereocenters. The van der Waals surface area contributed by atoms with Crippen LogP contribution in [0.25, 0.3) is 0 Å². The van der Waals surface area contributed by atoms with Crippen LogP contribution in [0.15, 0.2) is 42.5 Å². The van der Waals surface area contributed by atoms with Gasteiger partial charge < -0.3 is 10.2 Å². The van der Waals surface area contributed by atoms with Gasteiger partial charge in [0.2, 0.25) is 11.8 Å². The highest BCUT2D eigenvalue weighted by atomic mass is 35.5. The van der Waals surface area contributed by atoms with Crippen molar-refractivity contribution in [1.82, 2.24) is 4.90 Å². The summed E-state index contributed by atoms with van der Waals surface area (Å²) >= 11 is 6.16. The fourth-order valence-corrected chi connectivity index (χ4v) is 3.92. The number of nitrogens with one attached hydrogen (secondary N) is 1. The molecule has 0 aromatic heterocycles. The summed E-state index contributed by atoms with van der Waals surface area (Å²) in [7, 11) is 0. The van der Waals surface area contributed by atoms with Crippen molar-refractivity contribution in [2.75, 3.05) is 23.3 Å². The van der Waals surface area contributed by atoms with Crippen molar-refractivity contribution in [2.24, 2.45) is 0 Å². The van der Waals surface area contributed by atoms with E-state index in [1.807, 2.05) is 23.1 Å². The summed E-state index contributed by atoms with van der Waals surface area (Å²) in [5.41, 5.74) is 1.86. The second-order valence-corrected chi connectivity index (χ2v) is 7.99. The predicted molar refractivity (Wildman–Crippen MR) is 112 cm³/mol. The Balaban J connectivity index is 1.42. The topological polar surface area (TPSA) is 52.7 Å². The average molecular weight is 416 g/mol. The van der Waals surface area contributed by atoms with Gasteiger partial charge in [0.15, 0.2) is 0 Å². The molecule has 2 fully saturated rings. The zero-order valence-corrected chi connectivity index (χ0v) is 16.8. The van der Waals surface area contributed by atoms with Gasteiger partial charge in [0.25, 0.3) is 0 Å². The zero-order chi connectivity index (χ0) is 20.4. The number of hydrogen-bond acceptors (Lipinski definition) is 3. The van der Waals surface area contributed by atoms with Crippen LogP contribution < -0.4 is 10.2 Å². The van der Waals surface area contributed by atoms with Gasteiger partial charge in [-0.15, -0.1) is 0 Å². The number of carbonyl (C=O) groups excluding carboxylic acids is 2. The SMILES string of the molecule is O=C(CN(Cc1c(F)cccc1Cl)C1CC1)Nc1cccc(N2CCCC2=O)c1. The van der Waals surface area contributed by atoms with Crippen LogP contribution >= 0.6 is 11.6 Å². The van der Waals surface area contributed by atoms with E-state index in [-0.39, 0.29) is 30.2 Å². The van der Waals surface area contributed by atoms with Gasteiger partial charge in [0.05, 0.1) is 6.54 Å². The van der Waals surface area contributed by atoms with Gasteiger partial charge in [-0.25, -0.2) is 4.39 Å². The maximum atomic E-state index is 14.2. The number of nitrogens with zero attached hydrogens (tertiary/aromatic N) is 2. The largest absolute Gasteiger partial charge is 0.325 e. The van der Waals surface area contributed by atoms with E-state index in [1.165, 1.54) is 6.07 Å². The van der Waals surface area contributed by atoms with Crippen molar-refractivity contribution in [2.45, 2.75) is 38.3 Å². The lowest BCUT2D eigenvalue weighted by molar-refractivity contribution is -0.118. The standard InChI is InChI=1S/C22H23ClFN3O2/c23-19-6-2-7-20(24)18(19)13-26(16-9-10-16)14-21(28)25-15-4-1-5-17(12-15)27-11-3-8-22(27)29/h1-2,4-7,12,16H,3,8-11,13-14H2,(H,25,28). The minimum Gasteiger partial charge on any atom is -0.325 e. The second-order valence-electron chi connectivity index (χ2n) is 7.58. The lowest BCUT2D eigenvalue weighted by atomic mass is 10.2. The van der Waals surface area contributed by atoms with Crippen LogP contribution in [0.1, 0.15) is 31.2 Å². The molecule has 1 aliphatic heterocycles. The Morgan fingerprint density at radius 3 is 2.72 bits per heavy atom. The fraction of sp³-hybridized carbons (Fsp3) is 0.364. The monoisotopic (exact) mass is 415 g/mol. The van der Waals surface area contributed by atoms with Crippen LogP contribution in [0.3, 0.4) is 0 Å². The number of rotatable bonds is 7. The summed E-state index contributed by atoms with van der Waals surface area (Å²) in [5.74, 6) is -0.420. The molecule has 2 aliphatic rings. The number of benzene rings is 2. The summed E-state index contributed by atoms with van der Waals surface area (Å²) in [5, 5.41) is 3.28. The molecule has 1 saturated carbocycles. The molecule has 2 aromatic carbocycles. The first-order chi connectivity index (χ1) is 14.0. The van der Waals surface area contributed by atoms with Crippen LogP contribution in [0.2, 0.25) is 5.02 Å². The van der Waals surface area contributed by atoms with Crippen molar-refractivity contribution < 1.29 is 14.0 Å². The van der Waals surface area contributed by atoms with Gasteiger partial charge in [-0.2, -0.15) is 0 Å². The van der Waals surface area contributed by atoms with Crippen LogP contribution in [0.5, 0.6) is 0 Å². The van der Waals surface area contributed by atoms with E-state index < -0.39 is 0 Å². The van der Waals surface area contributed by atoms with Crippen LogP contribution in [-0.4, -0.2) is 35.8 Å². The first kappa shape index (κ1) is 19.9. The molecule has 0 atom stereocenters. The summed E-state index contributed by atoms with van der Waals surface area (Å²) < 4.78 is 14.2. The Morgan fingerprint density at radius 1 is 1.24 bits per heavy atom. The highest BCUT2D eigenvalue weighted by Gasteiger charge is 2.31. The second kappa shape index (κ2) is 8.51. The molecule has 0 radical (unpaired) electrons. The molecule has 1 heterocycles. The Morgan fingerprint density at radius 2 is 2.03 bits per heavy atom. The molecule has 2 aromatic rings. The van der Waals surface area contributed by atoms with Crippen LogP contribution in [0.4, 0.5) is 15.8 Å². The van der Waals surface area contributed by atoms with Crippen molar-refractivity contribution in [3.05, 3.63) is 58.9 Å².